The number of methoxy groups -OCH3 is 1. The zero-order valence-electron chi connectivity index (χ0n) is 12.4. The molecule has 116 valence electrons. The Morgan fingerprint density at radius 3 is 2.82 bits per heavy atom. The minimum Gasteiger partial charge on any atom is -0.497 e. The number of rotatable bonds is 6. The molecule has 1 aliphatic carbocycles. The number of benzene rings is 1. The molecular formula is C17H19NO4. The summed E-state index contributed by atoms with van der Waals surface area (Å²) < 4.78 is 10.4. The fourth-order valence-electron chi connectivity index (χ4n) is 2.57. The fraction of sp³-hybridized carbons (Fsp3) is 0.353. The zero-order valence-corrected chi connectivity index (χ0v) is 12.4. The molecule has 0 saturated heterocycles. The fourth-order valence-corrected chi connectivity index (χ4v) is 2.57. The molecule has 0 bridgehead atoms. The Hall–Kier alpha value is -2.27. The standard InChI is InChI=1S/C17H19NO4/c1-21-12-6-4-11(5-7-12)15(19)10-18-17(20)14-9-13(14)16-3-2-8-22-16/h2-8,13-15,19H,9-10H2,1H3,(H,18,20). The molecular weight excluding hydrogens is 282 g/mol. The Balaban J connectivity index is 1.48. The van der Waals surface area contributed by atoms with Gasteiger partial charge < -0.3 is 19.6 Å². The normalized spacial score (nSPS) is 21.2. The molecule has 0 radical (unpaired) electrons. The third kappa shape index (κ3) is 3.14. The van der Waals surface area contributed by atoms with E-state index in [1.165, 1.54) is 0 Å². The van der Waals surface area contributed by atoms with Gasteiger partial charge in [-0.05, 0) is 36.2 Å². The lowest BCUT2D eigenvalue weighted by molar-refractivity contribution is -0.122. The summed E-state index contributed by atoms with van der Waals surface area (Å²) in [6.45, 7) is 0.201. The lowest BCUT2D eigenvalue weighted by Gasteiger charge is -2.12. The Labute approximate surface area is 128 Å². The van der Waals surface area contributed by atoms with Gasteiger partial charge in [0.2, 0.25) is 5.91 Å². The summed E-state index contributed by atoms with van der Waals surface area (Å²) in [5.74, 6) is 1.69. The van der Waals surface area contributed by atoms with E-state index in [2.05, 4.69) is 5.32 Å². The predicted molar refractivity (Wildman–Crippen MR) is 80.5 cm³/mol. The molecule has 5 heteroatoms. The Bertz CT molecular complexity index is 621. The summed E-state index contributed by atoms with van der Waals surface area (Å²) in [4.78, 5) is 12.1. The van der Waals surface area contributed by atoms with Crippen molar-refractivity contribution in [1.29, 1.82) is 0 Å². The molecule has 3 atom stereocenters. The van der Waals surface area contributed by atoms with Gasteiger partial charge in [0, 0.05) is 18.4 Å². The second-order valence-corrected chi connectivity index (χ2v) is 5.50. The number of furan rings is 1. The smallest absolute Gasteiger partial charge is 0.223 e. The maximum absolute atomic E-state index is 12.1. The van der Waals surface area contributed by atoms with Crippen LogP contribution in [0.15, 0.2) is 47.1 Å². The van der Waals surface area contributed by atoms with Crippen LogP contribution in [-0.4, -0.2) is 24.7 Å². The average molecular weight is 301 g/mol. The number of aliphatic hydroxyl groups is 1. The van der Waals surface area contributed by atoms with E-state index in [-0.39, 0.29) is 24.3 Å². The first-order valence-corrected chi connectivity index (χ1v) is 7.32. The van der Waals surface area contributed by atoms with Crippen molar-refractivity contribution in [3.05, 3.63) is 54.0 Å². The monoisotopic (exact) mass is 301 g/mol. The maximum atomic E-state index is 12.1. The number of aliphatic hydroxyl groups excluding tert-OH is 1. The van der Waals surface area contributed by atoms with E-state index >= 15 is 0 Å². The number of carbonyl (C=O) groups is 1. The Morgan fingerprint density at radius 1 is 1.41 bits per heavy atom. The molecule has 3 unspecified atom stereocenters. The molecule has 0 aliphatic heterocycles. The molecule has 3 rings (SSSR count). The van der Waals surface area contributed by atoms with Crippen molar-refractivity contribution in [1.82, 2.24) is 5.32 Å². The van der Waals surface area contributed by atoms with E-state index in [0.717, 1.165) is 23.5 Å². The molecule has 22 heavy (non-hydrogen) atoms. The largest absolute Gasteiger partial charge is 0.497 e. The van der Waals surface area contributed by atoms with E-state index in [0.29, 0.717) is 0 Å². The van der Waals surface area contributed by atoms with E-state index < -0.39 is 6.10 Å². The Morgan fingerprint density at radius 2 is 2.18 bits per heavy atom. The number of ether oxygens (including phenoxy) is 1. The highest BCUT2D eigenvalue weighted by molar-refractivity contribution is 5.82. The predicted octanol–water partition coefficient (Wildman–Crippen LogP) is 2.24. The van der Waals surface area contributed by atoms with Crippen LogP contribution in [0, 0.1) is 5.92 Å². The van der Waals surface area contributed by atoms with Crippen LogP contribution < -0.4 is 10.1 Å². The van der Waals surface area contributed by atoms with Gasteiger partial charge in [0.15, 0.2) is 0 Å². The van der Waals surface area contributed by atoms with Crippen molar-refractivity contribution in [2.24, 2.45) is 5.92 Å². The molecule has 2 aromatic rings. The van der Waals surface area contributed by atoms with E-state index in [9.17, 15) is 9.90 Å². The quantitative estimate of drug-likeness (QED) is 0.858. The summed E-state index contributed by atoms with van der Waals surface area (Å²) in [5, 5.41) is 12.9. The second-order valence-electron chi connectivity index (χ2n) is 5.50. The summed E-state index contributed by atoms with van der Waals surface area (Å²) in [7, 11) is 1.59. The van der Waals surface area contributed by atoms with E-state index in [1.54, 1.807) is 37.6 Å². The maximum Gasteiger partial charge on any atom is 0.223 e. The number of hydrogen-bond donors (Lipinski definition) is 2. The molecule has 1 aromatic carbocycles. The summed E-state index contributed by atoms with van der Waals surface area (Å²) in [5.41, 5.74) is 0.750. The first kappa shape index (κ1) is 14.7. The first-order chi connectivity index (χ1) is 10.7. The lowest BCUT2D eigenvalue weighted by Crippen LogP contribution is -2.29. The highest BCUT2D eigenvalue weighted by atomic mass is 16.5. The number of nitrogens with one attached hydrogen (secondary N) is 1. The summed E-state index contributed by atoms with van der Waals surface area (Å²) >= 11 is 0. The molecule has 0 spiro atoms. The minimum atomic E-state index is -0.726. The highest BCUT2D eigenvalue weighted by Gasteiger charge is 2.45. The van der Waals surface area contributed by atoms with Crippen LogP contribution in [0.1, 0.15) is 29.8 Å². The van der Waals surface area contributed by atoms with Crippen molar-refractivity contribution in [2.45, 2.75) is 18.4 Å². The van der Waals surface area contributed by atoms with Crippen molar-refractivity contribution in [2.75, 3.05) is 13.7 Å². The van der Waals surface area contributed by atoms with Gasteiger partial charge in [0.05, 0.1) is 19.5 Å². The van der Waals surface area contributed by atoms with Gasteiger partial charge in [0.25, 0.3) is 0 Å². The SMILES string of the molecule is COc1ccc(C(O)CNC(=O)C2CC2c2ccco2)cc1. The van der Waals surface area contributed by atoms with Gasteiger partial charge in [-0.15, -0.1) is 0 Å². The van der Waals surface area contributed by atoms with Crippen LogP contribution in [0.4, 0.5) is 0 Å². The van der Waals surface area contributed by atoms with Crippen LogP contribution >= 0.6 is 0 Å². The molecule has 1 amide bonds. The van der Waals surface area contributed by atoms with E-state index in [1.807, 2.05) is 12.1 Å². The summed E-state index contributed by atoms with van der Waals surface area (Å²) in [6, 6.07) is 10.9. The molecule has 1 heterocycles. The van der Waals surface area contributed by atoms with Crippen molar-refractivity contribution < 1.29 is 19.1 Å². The molecule has 1 aliphatic rings. The molecule has 1 fully saturated rings. The molecule has 2 N–H and O–H groups in total. The topological polar surface area (TPSA) is 71.7 Å². The van der Waals surface area contributed by atoms with Crippen LogP contribution in [0.25, 0.3) is 0 Å². The number of amides is 1. The molecule has 1 saturated carbocycles. The number of hydrogen-bond acceptors (Lipinski definition) is 4. The van der Waals surface area contributed by atoms with Gasteiger partial charge in [-0.2, -0.15) is 0 Å². The van der Waals surface area contributed by atoms with Gasteiger partial charge >= 0.3 is 0 Å². The van der Waals surface area contributed by atoms with Crippen LogP contribution in [0.3, 0.4) is 0 Å². The first-order valence-electron chi connectivity index (χ1n) is 7.32. The summed E-state index contributed by atoms with van der Waals surface area (Å²) in [6.07, 6.45) is 1.70. The van der Waals surface area contributed by atoms with Crippen molar-refractivity contribution >= 4 is 5.91 Å². The third-order valence-electron chi connectivity index (χ3n) is 4.01. The van der Waals surface area contributed by atoms with Gasteiger partial charge in [0.1, 0.15) is 11.5 Å². The third-order valence-corrected chi connectivity index (χ3v) is 4.01. The van der Waals surface area contributed by atoms with Crippen molar-refractivity contribution in [3.63, 3.8) is 0 Å². The molecule has 1 aromatic heterocycles. The van der Waals surface area contributed by atoms with Gasteiger partial charge in [-0.1, -0.05) is 12.1 Å². The second kappa shape index (κ2) is 6.23. The Kier molecular flexibility index (Phi) is 4.15. The average Bonchev–Trinajstić information content (AvgIpc) is 3.17. The molecule has 5 nitrogen and oxygen atoms in total. The highest BCUT2D eigenvalue weighted by Crippen LogP contribution is 2.47. The van der Waals surface area contributed by atoms with Crippen LogP contribution in [0.2, 0.25) is 0 Å². The minimum absolute atomic E-state index is 0.0334. The van der Waals surface area contributed by atoms with Gasteiger partial charge in [-0.25, -0.2) is 0 Å². The van der Waals surface area contributed by atoms with E-state index in [4.69, 9.17) is 9.15 Å². The zero-order chi connectivity index (χ0) is 15.5. The van der Waals surface area contributed by atoms with Gasteiger partial charge in [-0.3, -0.25) is 4.79 Å². The van der Waals surface area contributed by atoms with Crippen LogP contribution in [0.5, 0.6) is 5.75 Å². The van der Waals surface area contributed by atoms with Crippen LogP contribution in [-0.2, 0) is 4.79 Å². The van der Waals surface area contributed by atoms with Crippen molar-refractivity contribution in [3.8, 4) is 5.75 Å². The number of carbonyl (C=O) groups excluding carboxylic acids is 1. The lowest BCUT2D eigenvalue weighted by atomic mass is 10.1.